The van der Waals surface area contributed by atoms with E-state index in [1.165, 1.54) is 6.26 Å². The van der Waals surface area contributed by atoms with Crippen molar-refractivity contribution < 1.29 is 9.21 Å². The van der Waals surface area contributed by atoms with Crippen LogP contribution in [0, 0.1) is 5.41 Å². The summed E-state index contributed by atoms with van der Waals surface area (Å²) in [4.78, 5) is 11.8. The van der Waals surface area contributed by atoms with E-state index in [0.717, 1.165) is 11.8 Å². The minimum Gasteiger partial charge on any atom is -0.457 e. The Bertz CT molecular complexity index is 361. The lowest BCUT2D eigenvalue weighted by molar-refractivity contribution is 0.0934. The molecule has 0 aliphatic heterocycles. The van der Waals surface area contributed by atoms with Crippen molar-refractivity contribution in [1.29, 1.82) is 0 Å². The van der Waals surface area contributed by atoms with Gasteiger partial charge in [0, 0.05) is 11.9 Å². The average Bonchev–Trinajstić information content (AvgIpc) is 2.61. The zero-order valence-electron chi connectivity index (χ0n) is 9.35. The van der Waals surface area contributed by atoms with E-state index in [1.54, 1.807) is 6.07 Å². The molecule has 1 aromatic heterocycles. The number of alkyl halides is 1. The van der Waals surface area contributed by atoms with Crippen LogP contribution in [0.5, 0.6) is 0 Å². The quantitative estimate of drug-likeness (QED) is 0.823. The largest absolute Gasteiger partial charge is 0.457 e. The lowest BCUT2D eigenvalue weighted by Gasteiger charge is -2.23. The first-order valence-corrected chi connectivity index (χ1v) is 6.95. The van der Waals surface area contributed by atoms with Gasteiger partial charge in [-0.05, 0) is 33.8 Å². The summed E-state index contributed by atoms with van der Waals surface area (Å²) >= 11 is 6.59. The van der Waals surface area contributed by atoms with E-state index in [1.807, 2.05) is 0 Å². The molecule has 1 amide bonds. The maximum atomic E-state index is 11.8. The zero-order chi connectivity index (χ0) is 12.2. The van der Waals surface area contributed by atoms with Crippen molar-refractivity contribution in [2.24, 2.45) is 5.41 Å². The van der Waals surface area contributed by atoms with Crippen molar-refractivity contribution in [2.45, 2.75) is 20.3 Å². The number of halogens is 2. The predicted molar refractivity (Wildman–Crippen MR) is 70.9 cm³/mol. The standard InChI is InChI=1S/C11H15Br2NO2/c1-11(2,4-5-12)7-14-10(15)8-3-6-16-9(8)13/h3,6H,4-5,7H2,1-2H3,(H,14,15). The second-order valence-corrected chi connectivity index (χ2v) is 5.91. The summed E-state index contributed by atoms with van der Waals surface area (Å²) in [6, 6.07) is 1.65. The van der Waals surface area contributed by atoms with Crippen LogP contribution in [0.1, 0.15) is 30.6 Å². The summed E-state index contributed by atoms with van der Waals surface area (Å²) in [5, 5.41) is 3.84. The highest BCUT2D eigenvalue weighted by atomic mass is 79.9. The van der Waals surface area contributed by atoms with Gasteiger partial charge in [-0.15, -0.1) is 0 Å². The molecule has 0 bridgehead atoms. The number of hydrogen-bond donors (Lipinski definition) is 1. The molecule has 1 N–H and O–H groups in total. The highest BCUT2D eigenvalue weighted by Gasteiger charge is 2.19. The van der Waals surface area contributed by atoms with E-state index < -0.39 is 0 Å². The Hall–Kier alpha value is -0.290. The van der Waals surface area contributed by atoms with Crippen LogP contribution in [0.4, 0.5) is 0 Å². The van der Waals surface area contributed by atoms with Gasteiger partial charge in [0.05, 0.1) is 11.8 Å². The van der Waals surface area contributed by atoms with Gasteiger partial charge in [-0.3, -0.25) is 4.79 Å². The zero-order valence-corrected chi connectivity index (χ0v) is 12.5. The molecule has 1 heterocycles. The Morgan fingerprint density at radius 1 is 1.56 bits per heavy atom. The third kappa shape index (κ3) is 3.94. The first kappa shape index (κ1) is 13.8. The number of carbonyl (C=O) groups is 1. The van der Waals surface area contributed by atoms with E-state index in [9.17, 15) is 4.79 Å². The molecule has 0 aliphatic carbocycles. The van der Waals surface area contributed by atoms with Crippen molar-refractivity contribution in [2.75, 3.05) is 11.9 Å². The van der Waals surface area contributed by atoms with Crippen LogP contribution >= 0.6 is 31.9 Å². The number of amides is 1. The molecule has 5 heteroatoms. The topological polar surface area (TPSA) is 42.2 Å². The molecule has 0 spiro atoms. The van der Waals surface area contributed by atoms with Gasteiger partial charge >= 0.3 is 0 Å². The molecule has 0 saturated carbocycles. The van der Waals surface area contributed by atoms with E-state index in [-0.39, 0.29) is 11.3 Å². The van der Waals surface area contributed by atoms with Gasteiger partial charge in [0.25, 0.3) is 5.91 Å². The summed E-state index contributed by atoms with van der Waals surface area (Å²) in [5.74, 6) is -0.108. The molecule has 0 fully saturated rings. The summed E-state index contributed by atoms with van der Waals surface area (Å²) < 4.78 is 5.49. The van der Waals surface area contributed by atoms with E-state index in [0.29, 0.717) is 16.8 Å². The lowest BCUT2D eigenvalue weighted by atomic mass is 9.90. The van der Waals surface area contributed by atoms with Gasteiger partial charge in [0.15, 0.2) is 4.67 Å². The summed E-state index contributed by atoms with van der Waals surface area (Å²) in [6.45, 7) is 4.90. The highest BCUT2D eigenvalue weighted by Crippen LogP contribution is 2.21. The number of carbonyl (C=O) groups excluding carboxylic acids is 1. The molecule has 1 aromatic rings. The fraction of sp³-hybridized carbons (Fsp3) is 0.545. The third-order valence-electron chi connectivity index (χ3n) is 2.36. The fourth-order valence-electron chi connectivity index (χ4n) is 1.21. The maximum absolute atomic E-state index is 11.8. The Labute approximate surface area is 112 Å². The Kier molecular flexibility index (Phi) is 5.05. The van der Waals surface area contributed by atoms with Gasteiger partial charge in [-0.1, -0.05) is 29.8 Å². The van der Waals surface area contributed by atoms with Gasteiger partial charge in [-0.25, -0.2) is 0 Å². The molecule has 1 rings (SSSR count). The SMILES string of the molecule is CC(C)(CCBr)CNC(=O)c1ccoc1Br. The molecule has 0 aromatic carbocycles. The van der Waals surface area contributed by atoms with Crippen LogP contribution in [-0.2, 0) is 0 Å². The molecule has 0 radical (unpaired) electrons. The van der Waals surface area contributed by atoms with Gasteiger partial charge < -0.3 is 9.73 Å². The first-order valence-electron chi connectivity index (χ1n) is 5.03. The monoisotopic (exact) mass is 351 g/mol. The number of rotatable bonds is 5. The minimum absolute atomic E-state index is 0.0926. The van der Waals surface area contributed by atoms with Crippen LogP contribution in [0.25, 0.3) is 0 Å². The van der Waals surface area contributed by atoms with Gasteiger partial charge in [0.1, 0.15) is 0 Å². The smallest absolute Gasteiger partial charge is 0.255 e. The van der Waals surface area contributed by atoms with Gasteiger partial charge in [0.2, 0.25) is 0 Å². The van der Waals surface area contributed by atoms with Crippen molar-refractivity contribution in [3.63, 3.8) is 0 Å². The molecule has 16 heavy (non-hydrogen) atoms. The van der Waals surface area contributed by atoms with E-state index in [4.69, 9.17) is 4.42 Å². The molecule has 0 atom stereocenters. The van der Waals surface area contributed by atoms with Crippen LogP contribution < -0.4 is 5.32 Å². The molecule has 0 unspecified atom stereocenters. The maximum Gasteiger partial charge on any atom is 0.255 e. The molecular formula is C11H15Br2NO2. The Morgan fingerprint density at radius 2 is 2.25 bits per heavy atom. The fourth-order valence-corrected chi connectivity index (χ4v) is 2.71. The van der Waals surface area contributed by atoms with Crippen LogP contribution in [0.15, 0.2) is 21.4 Å². The van der Waals surface area contributed by atoms with Gasteiger partial charge in [-0.2, -0.15) is 0 Å². The van der Waals surface area contributed by atoms with Crippen molar-refractivity contribution >= 4 is 37.8 Å². The second-order valence-electron chi connectivity index (χ2n) is 4.39. The van der Waals surface area contributed by atoms with Crippen LogP contribution in [-0.4, -0.2) is 17.8 Å². The normalized spacial score (nSPS) is 11.5. The Balaban J connectivity index is 2.51. The summed E-state index contributed by atoms with van der Waals surface area (Å²) in [6.07, 6.45) is 2.50. The molecule has 0 aliphatic rings. The molecule has 90 valence electrons. The molecule has 3 nitrogen and oxygen atoms in total. The van der Waals surface area contributed by atoms with Crippen LogP contribution in [0.2, 0.25) is 0 Å². The van der Waals surface area contributed by atoms with Crippen molar-refractivity contribution in [1.82, 2.24) is 5.32 Å². The minimum atomic E-state index is -0.108. The number of hydrogen-bond acceptors (Lipinski definition) is 2. The molecular weight excluding hydrogens is 338 g/mol. The average molecular weight is 353 g/mol. The summed E-state index contributed by atoms with van der Waals surface area (Å²) in [5.41, 5.74) is 0.629. The first-order chi connectivity index (χ1) is 7.46. The summed E-state index contributed by atoms with van der Waals surface area (Å²) in [7, 11) is 0. The highest BCUT2D eigenvalue weighted by molar-refractivity contribution is 9.10. The van der Waals surface area contributed by atoms with Crippen molar-refractivity contribution in [3.05, 3.63) is 22.6 Å². The second kappa shape index (κ2) is 5.87. The third-order valence-corrected chi connectivity index (χ3v) is 3.37. The van der Waals surface area contributed by atoms with Crippen LogP contribution in [0.3, 0.4) is 0 Å². The predicted octanol–water partition coefficient (Wildman–Crippen LogP) is 3.58. The molecule has 0 saturated heterocycles. The van der Waals surface area contributed by atoms with E-state index >= 15 is 0 Å². The van der Waals surface area contributed by atoms with E-state index in [2.05, 4.69) is 51.0 Å². The number of nitrogens with one attached hydrogen (secondary N) is 1. The number of furan rings is 1. The lowest BCUT2D eigenvalue weighted by Crippen LogP contribution is -2.34. The van der Waals surface area contributed by atoms with Crippen molar-refractivity contribution in [3.8, 4) is 0 Å². The Morgan fingerprint density at radius 3 is 2.75 bits per heavy atom.